The number of hydrogen-bond acceptors (Lipinski definition) is 5. The molecule has 0 aromatic heterocycles. The van der Waals surface area contributed by atoms with Gasteiger partial charge in [0, 0.05) is 11.9 Å². The molecule has 90 valence electrons. The molecule has 0 aromatic rings. The molecule has 0 saturated carbocycles. The van der Waals surface area contributed by atoms with Crippen LogP contribution in [0.2, 0.25) is 0 Å². The number of quaternary nitrogens is 1. The van der Waals surface area contributed by atoms with Gasteiger partial charge in [0.15, 0.2) is 0 Å². The van der Waals surface area contributed by atoms with E-state index in [-0.39, 0.29) is 37.7 Å². The Hall–Kier alpha value is 0.120. The second-order valence-corrected chi connectivity index (χ2v) is 4.16. The fourth-order valence-corrected chi connectivity index (χ4v) is 0.861. The van der Waals surface area contributed by atoms with Crippen LogP contribution < -0.4 is 15.3 Å². The Morgan fingerprint density at radius 2 is 1.50 bits per heavy atom. The third-order valence-electron chi connectivity index (χ3n) is 1.15. The molecule has 6 nitrogen and oxygen atoms in total. The normalized spacial score (nSPS) is 11.6. The molecule has 1 atom stereocenters. The summed E-state index contributed by atoms with van der Waals surface area (Å²) in [4.78, 5) is 18.9. The van der Waals surface area contributed by atoms with Gasteiger partial charge in [0.25, 0.3) is 0 Å². The summed E-state index contributed by atoms with van der Waals surface area (Å²) in [6.07, 6.45) is -1.45. The van der Waals surface area contributed by atoms with Crippen LogP contribution in [0.3, 0.4) is 0 Å². The van der Waals surface area contributed by atoms with E-state index in [1.165, 1.54) is 0 Å². The van der Waals surface area contributed by atoms with E-state index < -0.39 is 24.5 Å². The molecule has 16 heavy (non-hydrogen) atoms. The number of rotatable bonds is 4. The van der Waals surface area contributed by atoms with E-state index in [1.807, 2.05) is 21.1 Å². The second kappa shape index (κ2) is 10.3. The summed E-state index contributed by atoms with van der Waals surface area (Å²) in [6.45, 7) is 1.29. The summed E-state index contributed by atoms with van der Waals surface area (Å²) in [5.41, 5.74) is 0. The first-order chi connectivity index (χ1) is 6.54. The van der Waals surface area contributed by atoms with Gasteiger partial charge in [-0.2, -0.15) is 0 Å². The number of likely N-dealkylation sites (N-methyl/N-ethyl adjacent to an activating group) is 1. The summed E-state index contributed by atoms with van der Waals surface area (Å²) in [5, 5.41) is 29.8. The largest absolute Gasteiger partial charge is 2.00 e. The summed E-state index contributed by atoms with van der Waals surface area (Å²) < 4.78 is 0.488. The van der Waals surface area contributed by atoms with Crippen molar-refractivity contribution in [3.63, 3.8) is 0 Å². The number of nitrogens with zero attached hydrogens (tertiary/aromatic N) is 1. The van der Waals surface area contributed by atoms with Crippen molar-refractivity contribution >= 4 is 49.7 Å². The minimum absolute atomic E-state index is 0. The van der Waals surface area contributed by atoms with Crippen LogP contribution in [0.25, 0.3) is 0 Å². The van der Waals surface area contributed by atoms with Crippen molar-refractivity contribution in [3.8, 4) is 0 Å². The van der Waals surface area contributed by atoms with Crippen molar-refractivity contribution in [2.24, 2.45) is 0 Å². The molecule has 0 amide bonds. The van der Waals surface area contributed by atoms with Crippen molar-refractivity contribution in [1.29, 1.82) is 0 Å². The molecule has 0 aliphatic rings. The number of carboxylic acids is 2. The summed E-state index contributed by atoms with van der Waals surface area (Å²) in [6, 6.07) is 0. The predicted molar refractivity (Wildman–Crippen MR) is 52.7 cm³/mol. The first kappa shape index (κ1) is 21.4. The van der Waals surface area contributed by atoms with Crippen molar-refractivity contribution in [3.05, 3.63) is 0 Å². The van der Waals surface area contributed by atoms with Crippen LogP contribution in [0.15, 0.2) is 0 Å². The van der Waals surface area contributed by atoms with Gasteiger partial charge in [-0.05, 0) is 13.3 Å². The molecule has 0 rings (SSSR count). The number of hydrogen-bond donors (Lipinski definition) is 0. The minimum atomic E-state index is -1.27. The zero-order valence-electron chi connectivity index (χ0n) is 10.2. The zero-order valence-corrected chi connectivity index (χ0v) is 12.4. The van der Waals surface area contributed by atoms with Crippen molar-refractivity contribution in [2.75, 3.05) is 27.7 Å². The van der Waals surface area contributed by atoms with Gasteiger partial charge < -0.3 is 29.4 Å². The van der Waals surface area contributed by atoms with Gasteiger partial charge in [-0.1, -0.05) is 6.10 Å². The maximum atomic E-state index is 10.9. The van der Waals surface area contributed by atoms with Gasteiger partial charge >= 0.3 is 37.7 Å². The van der Waals surface area contributed by atoms with Crippen LogP contribution in [0.5, 0.6) is 0 Å². The van der Waals surface area contributed by atoms with E-state index in [4.69, 9.17) is 9.90 Å². The average Bonchev–Trinajstić information content (AvgIpc) is 1.76. The van der Waals surface area contributed by atoms with Crippen LogP contribution >= 0.6 is 0 Å². The Morgan fingerprint density at radius 3 is 1.69 bits per heavy atom. The Bertz CT molecular complexity index is 210. The van der Waals surface area contributed by atoms with Crippen molar-refractivity contribution < 1.29 is 29.4 Å². The summed E-state index contributed by atoms with van der Waals surface area (Å²) in [7, 11) is 5.54. The van der Waals surface area contributed by atoms with Crippen LogP contribution in [-0.4, -0.2) is 88.0 Å². The van der Waals surface area contributed by atoms with Gasteiger partial charge in [-0.25, -0.2) is 0 Å². The molecule has 0 fully saturated rings. The molecule has 0 aliphatic heterocycles. The maximum absolute atomic E-state index is 10.9. The van der Waals surface area contributed by atoms with Gasteiger partial charge in [0.2, 0.25) is 0 Å². The standard InChI is InChI=1S/C7H15NO3.C2H4O2.Ca/c1-8(2,3)5-6(9)4-7(10)11;1-2(3)4;/h6H,4-5H2,1-3H3,(H,10,11);1H3,(H,3,4);/q;;+2/p-2. The molecule has 0 bridgehead atoms. The summed E-state index contributed by atoms with van der Waals surface area (Å²) in [5.74, 6) is -2.35. The third kappa shape index (κ3) is 29.2. The van der Waals surface area contributed by atoms with Crippen LogP contribution in [0.1, 0.15) is 13.3 Å². The van der Waals surface area contributed by atoms with Gasteiger partial charge in [0.05, 0.1) is 27.7 Å². The molecule has 0 spiro atoms. The third-order valence-corrected chi connectivity index (χ3v) is 1.15. The van der Waals surface area contributed by atoms with E-state index in [1.54, 1.807) is 0 Å². The fourth-order valence-electron chi connectivity index (χ4n) is 0.861. The van der Waals surface area contributed by atoms with Gasteiger partial charge in [-0.3, -0.25) is 0 Å². The van der Waals surface area contributed by atoms with Gasteiger partial charge in [0.1, 0.15) is 0 Å². The van der Waals surface area contributed by atoms with E-state index in [0.29, 0.717) is 11.0 Å². The van der Waals surface area contributed by atoms with Crippen LogP contribution in [0.4, 0.5) is 0 Å². The Morgan fingerprint density at radius 1 is 1.19 bits per heavy atom. The molecule has 1 unspecified atom stereocenters. The number of aliphatic carboxylic acids is 2. The number of carbonyl (C=O) groups is 2. The Labute approximate surface area is 125 Å². The van der Waals surface area contributed by atoms with E-state index in [9.17, 15) is 15.0 Å². The van der Waals surface area contributed by atoms with E-state index >= 15 is 0 Å². The van der Waals surface area contributed by atoms with Crippen molar-refractivity contribution in [2.45, 2.75) is 19.4 Å². The average molecular weight is 259 g/mol. The van der Waals surface area contributed by atoms with Crippen LogP contribution in [-0.2, 0) is 9.59 Å². The predicted octanol–water partition coefficient (Wildman–Crippen LogP) is -4.06. The van der Waals surface area contributed by atoms with E-state index in [0.717, 1.165) is 6.92 Å². The number of carbonyl (C=O) groups excluding carboxylic acids is 2. The minimum Gasteiger partial charge on any atom is -0.848 e. The molecular weight excluding hydrogens is 242 g/mol. The molecule has 0 N–H and O–H groups in total. The SMILES string of the molecule is CC(=O)[O-].C[N+](C)(C)CC([O-])CC(=O)[O-].[Ca+2]. The molecule has 0 saturated heterocycles. The Balaban J connectivity index is -0.000000292. The molecule has 0 heterocycles. The number of carboxylic acid groups (broad SMARTS) is 2. The first-order valence-corrected chi connectivity index (χ1v) is 4.38. The summed E-state index contributed by atoms with van der Waals surface area (Å²) >= 11 is 0. The molecular formula is C9H17CaNO5. The quantitative estimate of drug-likeness (QED) is 0.377. The molecule has 0 aliphatic carbocycles. The van der Waals surface area contributed by atoms with E-state index in [2.05, 4.69) is 0 Å². The van der Waals surface area contributed by atoms with Crippen LogP contribution in [0, 0.1) is 0 Å². The molecule has 0 aromatic carbocycles. The fraction of sp³-hybridized carbons (Fsp3) is 0.778. The monoisotopic (exact) mass is 259 g/mol. The maximum Gasteiger partial charge on any atom is 2.00 e. The second-order valence-electron chi connectivity index (χ2n) is 4.16. The smallest absolute Gasteiger partial charge is 0.848 e. The first-order valence-electron chi connectivity index (χ1n) is 4.38. The Kier molecular flexibility index (Phi) is 13.8. The molecule has 0 radical (unpaired) electrons. The molecule has 7 heteroatoms. The topological polar surface area (TPSA) is 103 Å². The van der Waals surface area contributed by atoms with Gasteiger partial charge in [-0.15, -0.1) is 0 Å². The zero-order chi connectivity index (χ0) is 12.6. The van der Waals surface area contributed by atoms with Crippen molar-refractivity contribution in [1.82, 2.24) is 0 Å².